The van der Waals surface area contributed by atoms with Crippen LogP contribution in [-0.2, 0) is 6.42 Å². The second kappa shape index (κ2) is 9.22. The van der Waals surface area contributed by atoms with E-state index in [1.54, 1.807) is 0 Å². The Hall–Kier alpha value is -2.37. The van der Waals surface area contributed by atoms with Gasteiger partial charge in [0, 0.05) is 16.6 Å². The van der Waals surface area contributed by atoms with Crippen LogP contribution in [-0.4, -0.2) is 31.6 Å². The molecular formula is C23H26N2O2S. The Balaban J connectivity index is 1.44. The molecule has 0 atom stereocenters. The van der Waals surface area contributed by atoms with Crippen molar-refractivity contribution in [1.29, 1.82) is 0 Å². The first-order chi connectivity index (χ1) is 13.8. The Bertz CT molecular complexity index is 917. The summed E-state index contributed by atoms with van der Waals surface area (Å²) in [5, 5.41) is 7.49. The van der Waals surface area contributed by atoms with Gasteiger partial charge in [-0.3, -0.25) is 4.79 Å². The molecule has 2 aromatic carbocycles. The number of piperidine rings is 1. The molecule has 28 heavy (non-hydrogen) atoms. The molecule has 3 aromatic rings. The van der Waals surface area contributed by atoms with Crippen LogP contribution in [0.15, 0.2) is 54.6 Å². The van der Waals surface area contributed by atoms with Gasteiger partial charge in [-0.2, -0.15) is 0 Å². The summed E-state index contributed by atoms with van der Waals surface area (Å²) in [4.78, 5) is 13.6. The van der Waals surface area contributed by atoms with Gasteiger partial charge in [0.05, 0.1) is 0 Å². The zero-order valence-corrected chi connectivity index (χ0v) is 16.8. The van der Waals surface area contributed by atoms with E-state index in [9.17, 15) is 4.79 Å². The van der Waals surface area contributed by atoms with Gasteiger partial charge >= 0.3 is 0 Å². The Morgan fingerprint density at radius 1 is 1.07 bits per heavy atom. The van der Waals surface area contributed by atoms with E-state index in [0.29, 0.717) is 11.4 Å². The van der Waals surface area contributed by atoms with Crippen molar-refractivity contribution < 1.29 is 9.53 Å². The van der Waals surface area contributed by atoms with Crippen molar-refractivity contribution in [3.05, 3.63) is 65.0 Å². The Morgan fingerprint density at radius 3 is 2.64 bits per heavy atom. The maximum absolute atomic E-state index is 12.9. The number of ether oxygens (including phenoxy) is 1. The van der Waals surface area contributed by atoms with Gasteiger partial charge in [0.1, 0.15) is 11.0 Å². The predicted molar refractivity (Wildman–Crippen MR) is 115 cm³/mol. The zero-order valence-electron chi connectivity index (χ0n) is 15.9. The van der Waals surface area contributed by atoms with E-state index in [2.05, 4.69) is 47.0 Å². The van der Waals surface area contributed by atoms with Crippen molar-refractivity contribution in [3.8, 4) is 5.75 Å². The van der Waals surface area contributed by atoms with Gasteiger partial charge in [0.2, 0.25) is 0 Å². The van der Waals surface area contributed by atoms with E-state index in [1.165, 1.54) is 16.9 Å². The quantitative estimate of drug-likeness (QED) is 0.584. The SMILES string of the molecule is O=C(NCCCc1ccccc1)c1sc2ccccc2c1OC1CCNCC1. The van der Waals surface area contributed by atoms with Crippen LogP contribution in [0.3, 0.4) is 0 Å². The first-order valence-corrected chi connectivity index (χ1v) is 10.8. The number of hydrogen-bond acceptors (Lipinski definition) is 4. The molecule has 0 spiro atoms. The topological polar surface area (TPSA) is 50.4 Å². The molecule has 2 N–H and O–H groups in total. The van der Waals surface area contributed by atoms with Gasteiger partial charge in [0.25, 0.3) is 5.91 Å². The highest BCUT2D eigenvalue weighted by molar-refractivity contribution is 7.21. The standard InChI is InChI=1S/C23H26N2O2S/c26-23(25-14-6-9-17-7-2-1-3-8-17)22-21(27-18-12-15-24-16-13-18)19-10-4-5-11-20(19)28-22/h1-5,7-8,10-11,18,24H,6,9,12-16H2,(H,25,26). The van der Waals surface area contributed by atoms with Crippen molar-refractivity contribution in [3.63, 3.8) is 0 Å². The molecule has 0 aliphatic carbocycles. The van der Waals surface area contributed by atoms with Crippen LogP contribution in [0.5, 0.6) is 5.75 Å². The molecule has 0 saturated carbocycles. The number of nitrogens with one attached hydrogen (secondary N) is 2. The minimum Gasteiger partial charge on any atom is -0.488 e. The van der Waals surface area contributed by atoms with Crippen molar-refractivity contribution in [2.75, 3.05) is 19.6 Å². The number of aryl methyl sites for hydroxylation is 1. The molecule has 2 heterocycles. The molecule has 1 amide bonds. The van der Waals surface area contributed by atoms with Crippen LogP contribution in [0.4, 0.5) is 0 Å². The van der Waals surface area contributed by atoms with Crippen molar-refractivity contribution in [2.45, 2.75) is 31.8 Å². The number of carbonyl (C=O) groups is 1. The van der Waals surface area contributed by atoms with Gasteiger partial charge < -0.3 is 15.4 Å². The summed E-state index contributed by atoms with van der Waals surface area (Å²) in [5.41, 5.74) is 1.30. The molecule has 1 aliphatic rings. The molecule has 1 fully saturated rings. The number of carbonyl (C=O) groups excluding carboxylic acids is 1. The maximum Gasteiger partial charge on any atom is 0.265 e. The van der Waals surface area contributed by atoms with Crippen LogP contribution >= 0.6 is 11.3 Å². The molecule has 0 unspecified atom stereocenters. The van der Waals surface area contributed by atoms with Crippen molar-refractivity contribution in [2.24, 2.45) is 0 Å². The van der Waals surface area contributed by atoms with E-state index in [0.717, 1.165) is 54.6 Å². The third kappa shape index (κ3) is 4.54. The second-order valence-corrected chi connectivity index (χ2v) is 8.22. The normalized spacial score (nSPS) is 14.9. The molecule has 1 aromatic heterocycles. The average molecular weight is 395 g/mol. The number of thiophene rings is 1. The number of benzene rings is 2. The molecule has 0 bridgehead atoms. The number of rotatable bonds is 7. The van der Waals surface area contributed by atoms with Gasteiger partial charge in [-0.05, 0) is 56.5 Å². The van der Waals surface area contributed by atoms with Crippen LogP contribution in [0, 0.1) is 0 Å². The Labute approximate surface area is 169 Å². The first kappa shape index (κ1) is 19.0. The number of hydrogen-bond donors (Lipinski definition) is 2. The smallest absolute Gasteiger partial charge is 0.265 e. The molecule has 146 valence electrons. The summed E-state index contributed by atoms with van der Waals surface area (Å²) in [7, 11) is 0. The largest absolute Gasteiger partial charge is 0.488 e. The lowest BCUT2D eigenvalue weighted by Gasteiger charge is -2.24. The summed E-state index contributed by atoms with van der Waals surface area (Å²) in [6.07, 6.45) is 4.01. The Kier molecular flexibility index (Phi) is 6.24. The molecular weight excluding hydrogens is 368 g/mol. The molecule has 4 rings (SSSR count). The van der Waals surface area contributed by atoms with Gasteiger partial charge in [0.15, 0.2) is 5.75 Å². The molecule has 0 radical (unpaired) electrons. The van der Waals surface area contributed by atoms with Crippen LogP contribution in [0.2, 0.25) is 0 Å². The molecule has 5 heteroatoms. The molecule has 4 nitrogen and oxygen atoms in total. The van der Waals surface area contributed by atoms with Gasteiger partial charge in [-0.1, -0.05) is 42.5 Å². The summed E-state index contributed by atoms with van der Waals surface area (Å²) >= 11 is 1.52. The lowest BCUT2D eigenvalue weighted by Crippen LogP contribution is -2.34. The van der Waals surface area contributed by atoms with E-state index in [-0.39, 0.29) is 12.0 Å². The predicted octanol–water partition coefficient (Wildman–Crippen LogP) is 4.39. The van der Waals surface area contributed by atoms with Gasteiger partial charge in [-0.15, -0.1) is 11.3 Å². The first-order valence-electron chi connectivity index (χ1n) is 10.0. The number of fused-ring (bicyclic) bond motifs is 1. The zero-order chi connectivity index (χ0) is 19.2. The summed E-state index contributed by atoms with van der Waals surface area (Å²) < 4.78 is 7.44. The summed E-state index contributed by atoms with van der Waals surface area (Å²) in [6.45, 7) is 2.59. The third-order valence-electron chi connectivity index (χ3n) is 5.10. The fraction of sp³-hybridized carbons (Fsp3) is 0.348. The summed E-state index contributed by atoms with van der Waals surface area (Å²) in [6, 6.07) is 18.5. The maximum atomic E-state index is 12.9. The van der Waals surface area contributed by atoms with Gasteiger partial charge in [-0.25, -0.2) is 0 Å². The molecule has 1 saturated heterocycles. The minimum absolute atomic E-state index is 0.0294. The van der Waals surface area contributed by atoms with Crippen LogP contribution in [0.1, 0.15) is 34.5 Å². The average Bonchev–Trinajstić information content (AvgIpc) is 3.11. The van der Waals surface area contributed by atoms with Crippen molar-refractivity contribution in [1.82, 2.24) is 10.6 Å². The summed E-state index contributed by atoms with van der Waals surface area (Å²) in [5.74, 6) is 0.728. The lowest BCUT2D eigenvalue weighted by molar-refractivity contribution is 0.0948. The fourth-order valence-electron chi connectivity index (χ4n) is 3.59. The highest BCUT2D eigenvalue weighted by Crippen LogP contribution is 2.38. The van der Waals surface area contributed by atoms with Crippen LogP contribution in [0.25, 0.3) is 10.1 Å². The Morgan fingerprint density at radius 2 is 1.82 bits per heavy atom. The highest BCUT2D eigenvalue weighted by atomic mass is 32.1. The van der Waals surface area contributed by atoms with E-state index < -0.39 is 0 Å². The fourth-order valence-corrected chi connectivity index (χ4v) is 4.64. The highest BCUT2D eigenvalue weighted by Gasteiger charge is 2.23. The third-order valence-corrected chi connectivity index (χ3v) is 6.25. The minimum atomic E-state index is -0.0294. The van der Waals surface area contributed by atoms with Crippen LogP contribution < -0.4 is 15.4 Å². The van der Waals surface area contributed by atoms with E-state index in [1.807, 2.05) is 18.2 Å². The van der Waals surface area contributed by atoms with Crippen molar-refractivity contribution >= 4 is 27.3 Å². The number of amides is 1. The monoisotopic (exact) mass is 394 g/mol. The lowest BCUT2D eigenvalue weighted by atomic mass is 10.1. The molecule has 1 aliphatic heterocycles. The van der Waals surface area contributed by atoms with E-state index >= 15 is 0 Å². The second-order valence-electron chi connectivity index (χ2n) is 7.17. The van der Waals surface area contributed by atoms with E-state index in [4.69, 9.17) is 4.74 Å².